The van der Waals surface area contributed by atoms with Crippen molar-refractivity contribution < 1.29 is 4.42 Å². The van der Waals surface area contributed by atoms with Crippen molar-refractivity contribution in [1.82, 2.24) is 9.55 Å². The summed E-state index contributed by atoms with van der Waals surface area (Å²) in [5, 5.41) is 3.45. The molecular formula is C44H32N2O. The summed E-state index contributed by atoms with van der Waals surface area (Å²) in [6, 6.07) is 43.0. The highest BCUT2D eigenvalue weighted by Gasteiger charge is 2.36. The Morgan fingerprint density at radius 3 is 2.26 bits per heavy atom. The van der Waals surface area contributed by atoms with Crippen LogP contribution in [0.3, 0.4) is 0 Å². The van der Waals surface area contributed by atoms with E-state index >= 15 is 0 Å². The van der Waals surface area contributed by atoms with E-state index in [1.165, 1.54) is 27.6 Å². The van der Waals surface area contributed by atoms with Gasteiger partial charge in [0.15, 0.2) is 0 Å². The van der Waals surface area contributed by atoms with Crippen LogP contribution < -0.4 is 0 Å². The smallest absolute Gasteiger partial charge is 0.135 e. The first-order valence-corrected chi connectivity index (χ1v) is 16.1. The zero-order chi connectivity index (χ0) is 31.7. The van der Waals surface area contributed by atoms with Gasteiger partial charge in [0, 0.05) is 44.6 Å². The highest BCUT2D eigenvalue weighted by molar-refractivity contribution is 6.06. The number of para-hydroxylation sites is 2. The van der Waals surface area contributed by atoms with Crippen molar-refractivity contribution in [2.75, 3.05) is 0 Å². The predicted molar refractivity (Wildman–Crippen MR) is 197 cm³/mol. The van der Waals surface area contributed by atoms with Crippen molar-refractivity contribution in [2.24, 2.45) is 0 Å². The molecule has 3 heteroatoms. The van der Waals surface area contributed by atoms with Gasteiger partial charge in [-0.05, 0) is 88.5 Å². The zero-order valence-electron chi connectivity index (χ0n) is 26.4. The SMILES string of the molecule is C=Cc1c(/C=C/c2ccc3oc4ccccc4c3c2)c2ccccc2n1-c1ccc2c(c1)C(C)(C)c1cc(-c3ccccn3)ccc1-2. The third-order valence-electron chi connectivity index (χ3n) is 9.87. The Labute approximate surface area is 273 Å². The van der Waals surface area contributed by atoms with Crippen LogP contribution in [0, 0.1) is 0 Å². The molecule has 0 fully saturated rings. The summed E-state index contributed by atoms with van der Waals surface area (Å²) in [7, 11) is 0. The Balaban J connectivity index is 1.15. The summed E-state index contributed by atoms with van der Waals surface area (Å²) in [6.07, 6.45) is 8.27. The molecule has 3 nitrogen and oxygen atoms in total. The van der Waals surface area contributed by atoms with E-state index in [0.29, 0.717) is 0 Å². The van der Waals surface area contributed by atoms with E-state index in [0.717, 1.165) is 61.2 Å². The summed E-state index contributed by atoms with van der Waals surface area (Å²) < 4.78 is 8.42. The fourth-order valence-electron chi connectivity index (χ4n) is 7.52. The van der Waals surface area contributed by atoms with Gasteiger partial charge in [-0.3, -0.25) is 4.98 Å². The second-order valence-electron chi connectivity index (χ2n) is 12.9. The molecule has 5 aromatic carbocycles. The molecule has 0 saturated heterocycles. The molecule has 0 N–H and O–H groups in total. The molecule has 0 atom stereocenters. The number of furan rings is 1. The minimum Gasteiger partial charge on any atom is -0.456 e. The van der Waals surface area contributed by atoms with Crippen LogP contribution in [0.1, 0.15) is 41.8 Å². The number of hydrogen-bond donors (Lipinski definition) is 0. The molecule has 0 aliphatic heterocycles. The Bertz CT molecular complexity index is 2560. The maximum absolute atomic E-state index is 6.07. The number of benzene rings is 5. The van der Waals surface area contributed by atoms with Crippen LogP contribution in [0.25, 0.3) is 79.1 Å². The molecule has 47 heavy (non-hydrogen) atoms. The average Bonchev–Trinajstić information content (AvgIpc) is 3.72. The van der Waals surface area contributed by atoms with Crippen LogP contribution in [0.4, 0.5) is 0 Å². The van der Waals surface area contributed by atoms with Crippen molar-refractivity contribution in [1.29, 1.82) is 0 Å². The Morgan fingerprint density at radius 2 is 1.43 bits per heavy atom. The minimum atomic E-state index is -0.165. The lowest BCUT2D eigenvalue weighted by Gasteiger charge is -2.23. The highest BCUT2D eigenvalue weighted by atomic mass is 16.3. The molecule has 0 amide bonds. The van der Waals surface area contributed by atoms with Crippen LogP contribution >= 0.6 is 0 Å². The first kappa shape index (κ1) is 27.4. The Kier molecular flexibility index (Phi) is 6.00. The molecule has 9 rings (SSSR count). The number of pyridine rings is 1. The summed E-state index contributed by atoms with van der Waals surface area (Å²) >= 11 is 0. The lowest BCUT2D eigenvalue weighted by atomic mass is 9.81. The zero-order valence-corrected chi connectivity index (χ0v) is 26.4. The predicted octanol–water partition coefficient (Wildman–Crippen LogP) is 11.7. The lowest BCUT2D eigenvalue weighted by molar-refractivity contribution is 0.660. The number of rotatable bonds is 5. The third kappa shape index (κ3) is 4.17. The number of fused-ring (bicyclic) bond motifs is 7. The van der Waals surface area contributed by atoms with Crippen LogP contribution in [-0.4, -0.2) is 9.55 Å². The van der Waals surface area contributed by atoms with E-state index in [1.54, 1.807) is 0 Å². The minimum absolute atomic E-state index is 0.165. The molecule has 0 saturated carbocycles. The molecular weight excluding hydrogens is 572 g/mol. The molecule has 224 valence electrons. The van der Waals surface area contributed by atoms with Gasteiger partial charge in [-0.1, -0.05) is 99.3 Å². The quantitative estimate of drug-likeness (QED) is 0.196. The summed E-state index contributed by atoms with van der Waals surface area (Å²) in [5.74, 6) is 0. The molecule has 0 spiro atoms. The second-order valence-corrected chi connectivity index (χ2v) is 12.9. The number of aromatic nitrogens is 2. The normalized spacial score (nSPS) is 13.5. The monoisotopic (exact) mass is 604 g/mol. The highest BCUT2D eigenvalue weighted by Crippen LogP contribution is 2.50. The first-order valence-electron chi connectivity index (χ1n) is 16.1. The molecule has 0 bridgehead atoms. The van der Waals surface area contributed by atoms with Crippen LogP contribution in [-0.2, 0) is 5.41 Å². The van der Waals surface area contributed by atoms with Crippen molar-refractivity contribution in [2.45, 2.75) is 19.3 Å². The Hall–Kier alpha value is -5.93. The maximum Gasteiger partial charge on any atom is 0.135 e. The first-order chi connectivity index (χ1) is 23.0. The molecule has 3 heterocycles. The van der Waals surface area contributed by atoms with E-state index in [9.17, 15) is 0 Å². The van der Waals surface area contributed by atoms with E-state index in [2.05, 4.69) is 139 Å². The van der Waals surface area contributed by atoms with Gasteiger partial charge in [-0.25, -0.2) is 0 Å². The van der Waals surface area contributed by atoms with Gasteiger partial charge in [0.05, 0.1) is 16.9 Å². The fraction of sp³-hybridized carbons (Fsp3) is 0.0682. The molecule has 8 aromatic rings. The van der Waals surface area contributed by atoms with Crippen LogP contribution in [0.15, 0.2) is 139 Å². The van der Waals surface area contributed by atoms with E-state index in [4.69, 9.17) is 4.42 Å². The van der Waals surface area contributed by atoms with Gasteiger partial charge in [0.1, 0.15) is 11.2 Å². The summed E-state index contributed by atoms with van der Waals surface area (Å²) in [4.78, 5) is 4.61. The van der Waals surface area contributed by atoms with Gasteiger partial charge in [0.2, 0.25) is 0 Å². The standard InChI is InChI=1S/C44H32N2O/c1-4-40-34(20-16-28-17-23-43-36(25-28)35-12-6-8-15-42(35)47-43)33-11-5-7-14-41(33)46(40)30-19-22-32-31-21-18-29(39-13-9-10-24-45-39)26-37(31)44(2,3)38(32)27-30/h4-27H,1H2,2-3H3/b20-16+. The van der Waals surface area contributed by atoms with Gasteiger partial charge in [0.25, 0.3) is 0 Å². The number of hydrogen-bond acceptors (Lipinski definition) is 2. The molecule has 1 aliphatic carbocycles. The summed E-state index contributed by atoms with van der Waals surface area (Å²) in [5.41, 5.74) is 14.7. The molecule has 0 unspecified atom stereocenters. The van der Waals surface area contributed by atoms with E-state index in [-0.39, 0.29) is 5.41 Å². The second kappa shape index (κ2) is 10.3. The fourth-order valence-corrected chi connectivity index (χ4v) is 7.52. The topological polar surface area (TPSA) is 31.0 Å². The van der Waals surface area contributed by atoms with Crippen molar-refractivity contribution >= 4 is 51.1 Å². The van der Waals surface area contributed by atoms with E-state index in [1.807, 2.05) is 36.5 Å². The van der Waals surface area contributed by atoms with E-state index < -0.39 is 0 Å². The lowest BCUT2D eigenvalue weighted by Crippen LogP contribution is -2.15. The van der Waals surface area contributed by atoms with Crippen LogP contribution in [0.5, 0.6) is 0 Å². The Morgan fingerprint density at radius 1 is 0.681 bits per heavy atom. The van der Waals surface area contributed by atoms with Gasteiger partial charge < -0.3 is 8.98 Å². The number of nitrogens with zero attached hydrogens (tertiary/aromatic N) is 2. The van der Waals surface area contributed by atoms with Gasteiger partial charge in [-0.15, -0.1) is 0 Å². The summed E-state index contributed by atoms with van der Waals surface area (Å²) in [6.45, 7) is 8.96. The van der Waals surface area contributed by atoms with Gasteiger partial charge >= 0.3 is 0 Å². The molecule has 3 aromatic heterocycles. The maximum atomic E-state index is 6.07. The average molecular weight is 605 g/mol. The third-order valence-corrected chi connectivity index (χ3v) is 9.87. The van der Waals surface area contributed by atoms with Gasteiger partial charge in [-0.2, -0.15) is 0 Å². The molecule has 0 radical (unpaired) electrons. The molecule has 1 aliphatic rings. The van der Waals surface area contributed by atoms with Crippen molar-refractivity contribution in [3.05, 3.63) is 162 Å². The largest absolute Gasteiger partial charge is 0.456 e. The van der Waals surface area contributed by atoms with Crippen molar-refractivity contribution in [3.8, 4) is 28.1 Å². The van der Waals surface area contributed by atoms with Crippen molar-refractivity contribution in [3.63, 3.8) is 0 Å². The van der Waals surface area contributed by atoms with Crippen LogP contribution in [0.2, 0.25) is 0 Å².